The molecule has 2 rings (SSSR count). The zero-order valence-electron chi connectivity index (χ0n) is 10.00. The zero-order valence-corrected chi connectivity index (χ0v) is 10.00. The van der Waals surface area contributed by atoms with Crippen LogP contribution in [0, 0.1) is 0 Å². The van der Waals surface area contributed by atoms with E-state index in [4.69, 9.17) is 4.74 Å². The number of alkyl halides is 3. The van der Waals surface area contributed by atoms with Gasteiger partial charge in [0.15, 0.2) is 0 Å². The second kappa shape index (κ2) is 4.55. The molecule has 0 spiro atoms. The van der Waals surface area contributed by atoms with Crippen LogP contribution in [0.15, 0.2) is 24.3 Å². The van der Waals surface area contributed by atoms with Crippen LogP contribution in [0.3, 0.4) is 0 Å². The van der Waals surface area contributed by atoms with Gasteiger partial charge in [-0.3, -0.25) is 0 Å². The first kappa shape index (κ1) is 13.4. The second-order valence-electron chi connectivity index (χ2n) is 4.56. The molecule has 0 amide bonds. The van der Waals surface area contributed by atoms with Crippen LogP contribution in [0.4, 0.5) is 13.2 Å². The molecule has 0 atom stereocenters. The van der Waals surface area contributed by atoms with Crippen molar-refractivity contribution in [2.24, 2.45) is 0 Å². The van der Waals surface area contributed by atoms with E-state index in [1.54, 1.807) is 0 Å². The molecule has 1 fully saturated rings. The first-order chi connectivity index (χ1) is 8.37. The summed E-state index contributed by atoms with van der Waals surface area (Å²) in [5.41, 5.74) is -2.22. The van der Waals surface area contributed by atoms with Gasteiger partial charge in [0.1, 0.15) is 0 Å². The number of aliphatic hydroxyl groups is 1. The third kappa shape index (κ3) is 2.37. The maximum absolute atomic E-state index is 12.8. The molecule has 0 saturated heterocycles. The van der Waals surface area contributed by atoms with Crippen molar-refractivity contribution in [1.82, 2.24) is 0 Å². The van der Waals surface area contributed by atoms with Crippen molar-refractivity contribution in [3.63, 3.8) is 0 Å². The number of rotatable bonds is 3. The standard InChI is InChI=1S/C13H15F3O2/c1-2-18-9-7-12(17,8-9)10-5-3-4-6-11(10)13(14,15)16/h3-6,9,17H,2,7-8H2,1H3. The molecule has 1 aliphatic carbocycles. The first-order valence-corrected chi connectivity index (χ1v) is 5.87. The Bertz CT molecular complexity index is 422. The van der Waals surface area contributed by atoms with Gasteiger partial charge in [0.25, 0.3) is 0 Å². The Balaban J connectivity index is 2.25. The van der Waals surface area contributed by atoms with Crippen LogP contribution in [-0.2, 0) is 16.5 Å². The molecule has 1 aliphatic rings. The smallest absolute Gasteiger partial charge is 0.385 e. The molecule has 18 heavy (non-hydrogen) atoms. The molecule has 0 heterocycles. The summed E-state index contributed by atoms with van der Waals surface area (Å²) < 4.78 is 43.8. The topological polar surface area (TPSA) is 29.5 Å². The zero-order chi connectivity index (χ0) is 13.4. The van der Waals surface area contributed by atoms with Crippen LogP contribution in [-0.4, -0.2) is 17.8 Å². The third-order valence-corrected chi connectivity index (χ3v) is 3.27. The van der Waals surface area contributed by atoms with E-state index in [2.05, 4.69) is 0 Å². The van der Waals surface area contributed by atoms with Crippen molar-refractivity contribution >= 4 is 0 Å². The van der Waals surface area contributed by atoms with E-state index >= 15 is 0 Å². The summed E-state index contributed by atoms with van der Waals surface area (Å²) in [5, 5.41) is 10.2. The van der Waals surface area contributed by atoms with Gasteiger partial charge in [0.05, 0.1) is 17.3 Å². The fourth-order valence-electron chi connectivity index (χ4n) is 2.40. The van der Waals surface area contributed by atoms with Crippen LogP contribution >= 0.6 is 0 Å². The summed E-state index contributed by atoms with van der Waals surface area (Å²) in [4.78, 5) is 0. The maximum Gasteiger partial charge on any atom is 0.416 e. The van der Waals surface area contributed by atoms with Gasteiger partial charge >= 0.3 is 6.18 Å². The van der Waals surface area contributed by atoms with Crippen molar-refractivity contribution in [3.05, 3.63) is 35.4 Å². The van der Waals surface area contributed by atoms with Crippen LogP contribution in [0.5, 0.6) is 0 Å². The Hall–Kier alpha value is -1.07. The van der Waals surface area contributed by atoms with E-state index < -0.39 is 17.3 Å². The number of halogens is 3. The summed E-state index contributed by atoms with van der Waals surface area (Å²) in [6.07, 6.45) is -4.16. The van der Waals surface area contributed by atoms with Crippen LogP contribution in [0.25, 0.3) is 0 Å². The molecule has 0 radical (unpaired) electrons. The number of hydrogen-bond donors (Lipinski definition) is 1. The van der Waals surface area contributed by atoms with E-state index in [1.807, 2.05) is 6.92 Å². The van der Waals surface area contributed by atoms with Crippen LogP contribution in [0.1, 0.15) is 30.9 Å². The highest BCUT2D eigenvalue weighted by atomic mass is 19.4. The van der Waals surface area contributed by atoms with Crippen molar-refractivity contribution in [2.45, 2.75) is 37.6 Å². The minimum Gasteiger partial charge on any atom is -0.385 e. The highest BCUT2D eigenvalue weighted by Crippen LogP contribution is 2.47. The Morgan fingerprint density at radius 1 is 1.33 bits per heavy atom. The normalized spacial score (nSPS) is 27.9. The lowest BCUT2D eigenvalue weighted by Crippen LogP contribution is -2.46. The predicted octanol–water partition coefficient (Wildman–Crippen LogP) is 3.09. The Kier molecular flexibility index (Phi) is 3.38. The average Bonchev–Trinajstić information content (AvgIpc) is 2.26. The van der Waals surface area contributed by atoms with E-state index in [9.17, 15) is 18.3 Å². The molecule has 100 valence electrons. The van der Waals surface area contributed by atoms with Gasteiger partial charge in [-0.15, -0.1) is 0 Å². The predicted molar refractivity (Wildman–Crippen MR) is 60.0 cm³/mol. The monoisotopic (exact) mass is 260 g/mol. The number of benzene rings is 1. The summed E-state index contributed by atoms with van der Waals surface area (Å²) in [5.74, 6) is 0. The van der Waals surface area contributed by atoms with Gasteiger partial charge in [0.2, 0.25) is 0 Å². The SMILES string of the molecule is CCOC1CC(O)(c2ccccc2C(F)(F)F)C1. The summed E-state index contributed by atoms with van der Waals surface area (Å²) in [6.45, 7) is 2.32. The van der Waals surface area contributed by atoms with Gasteiger partial charge in [-0.25, -0.2) is 0 Å². The second-order valence-corrected chi connectivity index (χ2v) is 4.56. The summed E-state index contributed by atoms with van der Waals surface area (Å²) in [7, 11) is 0. The number of ether oxygens (including phenoxy) is 1. The molecule has 1 aromatic carbocycles. The molecule has 5 heteroatoms. The van der Waals surface area contributed by atoms with E-state index in [-0.39, 0.29) is 24.5 Å². The van der Waals surface area contributed by atoms with Gasteiger partial charge in [-0.05, 0) is 18.6 Å². The fourth-order valence-corrected chi connectivity index (χ4v) is 2.40. The molecule has 1 saturated carbocycles. The van der Waals surface area contributed by atoms with Crippen LogP contribution < -0.4 is 0 Å². The van der Waals surface area contributed by atoms with E-state index in [0.29, 0.717) is 6.61 Å². The average molecular weight is 260 g/mol. The Morgan fingerprint density at radius 2 is 1.94 bits per heavy atom. The molecule has 1 aromatic rings. The largest absolute Gasteiger partial charge is 0.416 e. The lowest BCUT2D eigenvalue weighted by atomic mass is 9.71. The quantitative estimate of drug-likeness (QED) is 0.905. The summed E-state index contributed by atoms with van der Waals surface area (Å²) >= 11 is 0. The molecule has 0 aliphatic heterocycles. The lowest BCUT2D eigenvalue weighted by molar-refractivity contribution is -0.159. The molecular formula is C13H15F3O2. The molecule has 1 N–H and O–H groups in total. The van der Waals surface area contributed by atoms with Gasteiger partial charge in [0, 0.05) is 19.4 Å². The van der Waals surface area contributed by atoms with Crippen LogP contribution in [0.2, 0.25) is 0 Å². The maximum atomic E-state index is 12.8. The van der Waals surface area contributed by atoms with Crippen molar-refractivity contribution in [1.29, 1.82) is 0 Å². The fraction of sp³-hybridized carbons (Fsp3) is 0.538. The van der Waals surface area contributed by atoms with Gasteiger partial charge in [-0.1, -0.05) is 18.2 Å². The number of hydrogen-bond acceptors (Lipinski definition) is 2. The molecule has 0 aromatic heterocycles. The Morgan fingerprint density at radius 3 is 2.50 bits per heavy atom. The Labute approximate surface area is 103 Å². The van der Waals surface area contributed by atoms with Gasteiger partial charge in [-0.2, -0.15) is 13.2 Å². The van der Waals surface area contributed by atoms with Crippen molar-refractivity contribution < 1.29 is 23.0 Å². The lowest BCUT2D eigenvalue weighted by Gasteiger charge is -2.44. The molecule has 2 nitrogen and oxygen atoms in total. The highest BCUT2D eigenvalue weighted by molar-refractivity contribution is 5.36. The molecule has 0 bridgehead atoms. The minimum atomic E-state index is -4.44. The molecule has 0 unspecified atom stereocenters. The highest BCUT2D eigenvalue weighted by Gasteiger charge is 2.48. The molecular weight excluding hydrogens is 245 g/mol. The van der Waals surface area contributed by atoms with Crippen molar-refractivity contribution in [3.8, 4) is 0 Å². The summed E-state index contributed by atoms with van der Waals surface area (Å²) in [6, 6.07) is 5.18. The van der Waals surface area contributed by atoms with Gasteiger partial charge < -0.3 is 9.84 Å². The minimum absolute atomic E-state index is 0.0477. The third-order valence-electron chi connectivity index (χ3n) is 3.27. The van der Waals surface area contributed by atoms with Crippen molar-refractivity contribution in [2.75, 3.05) is 6.61 Å². The first-order valence-electron chi connectivity index (χ1n) is 5.87. The van der Waals surface area contributed by atoms with E-state index in [0.717, 1.165) is 6.07 Å². The van der Waals surface area contributed by atoms with E-state index in [1.165, 1.54) is 18.2 Å².